The summed E-state index contributed by atoms with van der Waals surface area (Å²) in [4.78, 5) is 32.7. The van der Waals surface area contributed by atoms with Crippen LogP contribution in [0.4, 0.5) is 0 Å². The lowest BCUT2D eigenvalue weighted by atomic mass is 10.1. The normalized spacial score (nSPS) is 10.8. The summed E-state index contributed by atoms with van der Waals surface area (Å²) >= 11 is 0. The number of primary amides is 1. The van der Waals surface area contributed by atoms with Gasteiger partial charge in [0, 0.05) is 36.0 Å². The van der Waals surface area contributed by atoms with Gasteiger partial charge in [-0.15, -0.1) is 0 Å². The number of amides is 1. The zero-order valence-electron chi connectivity index (χ0n) is 13.7. The third-order valence-corrected chi connectivity index (χ3v) is 4.15. The van der Waals surface area contributed by atoms with Crippen molar-refractivity contribution in [3.8, 4) is 16.8 Å². The van der Waals surface area contributed by atoms with E-state index < -0.39 is 11.3 Å². The molecule has 26 heavy (non-hydrogen) atoms. The standard InChI is InChI=1S/C20H14N4O2/c21-19(26)17-12-24(20-16(18(17)25)7-3-9-23-20)15-6-1-4-13(10-15)14-5-2-8-22-11-14/h1-12H,(H2,21,26). The van der Waals surface area contributed by atoms with Crippen molar-refractivity contribution < 1.29 is 4.79 Å². The van der Waals surface area contributed by atoms with Crippen molar-refractivity contribution in [2.45, 2.75) is 0 Å². The first-order valence-electron chi connectivity index (χ1n) is 7.96. The van der Waals surface area contributed by atoms with Crippen LogP contribution in [0, 0.1) is 0 Å². The number of aromatic nitrogens is 3. The molecule has 0 aliphatic heterocycles. The number of hydrogen-bond acceptors (Lipinski definition) is 4. The summed E-state index contributed by atoms with van der Waals surface area (Å²) < 4.78 is 1.71. The van der Waals surface area contributed by atoms with E-state index in [9.17, 15) is 9.59 Å². The molecule has 6 nitrogen and oxygen atoms in total. The van der Waals surface area contributed by atoms with Gasteiger partial charge < -0.3 is 10.3 Å². The van der Waals surface area contributed by atoms with Crippen LogP contribution in [0.15, 0.2) is 78.1 Å². The van der Waals surface area contributed by atoms with E-state index in [1.165, 1.54) is 6.20 Å². The van der Waals surface area contributed by atoms with Crippen molar-refractivity contribution in [2.24, 2.45) is 5.73 Å². The van der Waals surface area contributed by atoms with Crippen molar-refractivity contribution in [1.82, 2.24) is 14.5 Å². The van der Waals surface area contributed by atoms with Gasteiger partial charge in [-0.1, -0.05) is 18.2 Å². The van der Waals surface area contributed by atoms with Crippen molar-refractivity contribution in [2.75, 3.05) is 0 Å². The molecule has 6 heteroatoms. The molecule has 0 saturated heterocycles. The van der Waals surface area contributed by atoms with Crippen LogP contribution >= 0.6 is 0 Å². The number of nitrogens with zero attached hydrogens (tertiary/aromatic N) is 3. The fourth-order valence-electron chi connectivity index (χ4n) is 2.90. The average Bonchev–Trinajstić information content (AvgIpc) is 2.69. The molecule has 0 fully saturated rings. The molecule has 2 N–H and O–H groups in total. The predicted octanol–water partition coefficient (Wildman–Crippen LogP) is 2.55. The first-order chi connectivity index (χ1) is 12.6. The fourth-order valence-corrected chi connectivity index (χ4v) is 2.90. The Hall–Kier alpha value is -3.80. The molecule has 1 aromatic carbocycles. The van der Waals surface area contributed by atoms with E-state index in [0.717, 1.165) is 16.8 Å². The highest BCUT2D eigenvalue weighted by molar-refractivity contribution is 5.96. The maximum absolute atomic E-state index is 12.5. The van der Waals surface area contributed by atoms with E-state index in [-0.39, 0.29) is 5.56 Å². The number of rotatable bonds is 3. The minimum Gasteiger partial charge on any atom is -0.365 e. The minimum atomic E-state index is -0.766. The lowest BCUT2D eigenvalue weighted by Crippen LogP contribution is -2.24. The highest BCUT2D eigenvalue weighted by Gasteiger charge is 2.14. The molecule has 4 rings (SSSR count). The van der Waals surface area contributed by atoms with Gasteiger partial charge in [0.15, 0.2) is 0 Å². The van der Waals surface area contributed by atoms with Crippen LogP contribution in [0.25, 0.3) is 27.8 Å². The second kappa shape index (κ2) is 6.25. The molecule has 0 radical (unpaired) electrons. The van der Waals surface area contributed by atoms with E-state index in [1.54, 1.807) is 35.3 Å². The quantitative estimate of drug-likeness (QED) is 0.619. The van der Waals surface area contributed by atoms with Crippen LogP contribution < -0.4 is 11.2 Å². The van der Waals surface area contributed by atoms with Crippen molar-refractivity contribution in [3.05, 3.63) is 89.1 Å². The van der Waals surface area contributed by atoms with Gasteiger partial charge in [-0.3, -0.25) is 14.6 Å². The Morgan fingerprint density at radius 1 is 1.00 bits per heavy atom. The van der Waals surface area contributed by atoms with Gasteiger partial charge in [-0.25, -0.2) is 4.98 Å². The molecule has 4 aromatic rings. The van der Waals surface area contributed by atoms with E-state index in [4.69, 9.17) is 5.73 Å². The van der Waals surface area contributed by atoms with Gasteiger partial charge in [-0.05, 0) is 35.9 Å². The number of hydrogen-bond donors (Lipinski definition) is 1. The molecule has 0 bridgehead atoms. The summed E-state index contributed by atoms with van der Waals surface area (Å²) in [5.74, 6) is -0.766. The Bertz CT molecular complexity index is 1180. The lowest BCUT2D eigenvalue weighted by molar-refractivity contribution is 0.0999. The molecule has 1 amide bonds. The molecule has 0 unspecified atom stereocenters. The lowest BCUT2D eigenvalue weighted by Gasteiger charge is -2.13. The molecule has 0 spiro atoms. The summed E-state index contributed by atoms with van der Waals surface area (Å²) in [6, 6.07) is 14.8. The smallest absolute Gasteiger partial charge is 0.254 e. The van der Waals surface area contributed by atoms with Crippen LogP contribution in [0.1, 0.15) is 10.4 Å². The summed E-state index contributed by atoms with van der Waals surface area (Å²) in [7, 11) is 0. The van der Waals surface area contributed by atoms with Gasteiger partial charge in [0.25, 0.3) is 5.91 Å². The number of nitrogens with two attached hydrogens (primary N) is 1. The fraction of sp³-hybridized carbons (Fsp3) is 0. The molecular weight excluding hydrogens is 328 g/mol. The highest BCUT2D eigenvalue weighted by Crippen LogP contribution is 2.23. The average molecular weight is 342 g/mol. The Labute approximate surface area is 148 Å². The van der Waals surface area contributed by atoms with E-state index in [1.807, 2.05) is 36.4 Å². The number of carbonyl (C=O) groups is 1. The molecule has 0 atom stereocenters. The van der Waals surface area contributed by atoms with Crippen molar-refractivity contribution >= 4 is 16.9 Å². The second-order valence-electron chi connectivity index (χ2n) is 5.77. The highest BCUT2D eigenvalue weighted by atomic mass is 16.2. The molecule has 3 aromatic heterocycles. The Balaban J connectivity index is 1.99. The van der Waals surface area contributed by atoms with Crippen LogP contribution in [0.3, 0.4) is 0 Å². The molecular formula is C20H14N4O2. The zero-order chi connectivity index (χ0) is 18.1. The maximum Gasteiger partial charge on any atom is 0.254 e. The molecule has 0 aliphatic rings. The molecule has 126 valence electrons. The maximum atomic E-state index is 12.5. The van der Waals surface area contributed by atoms with Gasteiger partial charge >= 0.3 is 0 Å². The van der Waals surface area contributed by atoms with Crippen LogP contribution in [-0.2, 0) is 0 Å². The van der Waals surface area contributed by atoms with Gasteiger partial charge in [0.05, 0.1) is 5.39 Å². The molecule has 3 heterocycles. The van der Waals surface area contributed by atoms with Gasteiger partial charge in [0.2, 0.25) is 5.43 Å². The van der Waals surface area contributed by atoms with Gasteiger partial charge in [-0.2, -0.15) is 0 Å². The Kier molecular flexibility index (Phi) is 3.78. The SMILES string of the molecule is NC(=O)c1cn(-c2cccc(-c3cccnc3)c2)c2ncccc2c1=O. The zero-order valence-corrected chi connectivity index (χ0v) is 13.7. The number of benzene rings is 1. The van der Waals surface area contributed by atoms with E-state index in [0.29, 0.717) is 11.0 Å². The van der Waals surface area contributed by atoms with Crippen molar-refractivity contribution in [3.63, 3.8) is 0 Å². The number of fused-ring (bicyclic) bond motifs is 1. The van der Waals surface area contributed by atoms with Crippen molar-refractivity contribution in [1.29, 1.82) is 0 Å². The summed E-state index contributed by atoms with van der Waals surface area (Å²) in [5, 5.41) is 0.343. The van der Waals surface area contributed by atoms with Crippen LogP contribution in [-0.4, -0.2) is 20.4 Å². The third-order valence-electron chi connectivity index (χ3n) is 4.15. The first-order valence-corrected chi connectivity index (χ1v) is 7.96. The monoisotopic (exact) mass is 342 g/mol. The Morgan fingerprint density at radius 2 is 1.81 bits per heavy atom. The topological polar surface area (TPSA) is 90.9 Å². The van der Waals surface area contributed by atoms with Crippen LogP contribution in [0.5, 0.6) is 0 Å². The third kappa shape index (κ3) is 2.63. The molecule has 0 aliphatic carbocycles. The second-order valence-corrected chi connectivity index (χ2v) is 5.77. The van der Waals surface area contributed by atoms with Gasteiger partial charge in [0.1, 0.15) is 11.2 Å². The van der Waals surface area contributed by atoms with E-state index in [2.05, 4.69) is 9.97 Å². The summed E-state index contributed by atoms with van der Waals surface area (Å²) in [6.07, 6.45) is 6.54. The number of carbonyl (C=O) groups excluding carboxylic acids is 1. The Morgan fingerprint density at radius 3 is 2.58 bits per heavy atom. The van der Waals surface area contributed by atoms with E-state index >= 15 is 0 Å². The summed E-state index contributed by atoms with van der Waals surface area (Å²) in [5.41, 5.74) is 8.05. The largest absolute Gasteiger partial charge is 0.365 e. The summed E-state index contributed by atoms with van der Waals surface area (Å²) in [6.45, 7) is 0. The number of pyridine rings is 3. The minimum absolute atomic E-state index is 0.0720. The predicted molar refractivity (Wildman–Crippen MR) is 99.1 cm³/mol. The van der Waals surface area contributed by atoms with Crippen LogP contribution in [0.2, 0.25) is 0 Å². The molecule has 0 saturated carbocycles. The first kappa shape index (κ1) is 15.7.